The molecule has 1 heterocycles. The molecule has 0 aliphatic carbocycles. The van der Waals surface area contributed by atoms with Gasteiger partial charge in [-0.1, -0.05) is 69.1 Å². The van der Waals surface area contributed by atoms with E-state index in [0.717, 1.165) is 11.2 Å². The van der Waals surface area contributed by atoms with Crippen molar-refractivity contribution in [2.75, 3.05) is 25.1 Å². The summed E-state index contributed by atoms with van der Waals surface area (Å²) in [4.78, 5) is 19.8. The van der Waals surface area contributed by atoms with Crippen molar-refractivity contribution in [2.24, 2.45) is 0 Å². The number of anilines is 1. The van der Waals surface area contributed by atoms with Crippen LogP contribution in [0.25, 0.3) is 11.3 Å². The van der Waals surface area contributed by atoms with E-state index in [1.807, 2.05) is 37.3 Å². The molecule has 1 aromatic heterocycles. The molecule has 0 spiro atoms. The molecule has 0 bridgehead atoms. The first-order chi connectivity index (χ1) is 16.9. The van der Waals surface area contributed by atoms with Gasteiger partial charge in [0.15, 0.2) is 5.82 Å². The number of nitrogens with one attached hydrogen (secondary N) is 2. The van der Waals surface area contributed by atoms with Gasteiger partial charge in [0.2, 0.25) is 5.95 Å². The van der Waals surface area contributed by atoms with Crippen LogP contribution in [0.2, 0.25) is 5.02 Å². The normalized spacial score (nSPS) is 10.7. The van der Waals surface area contributed by atoms with Crippen LogP contribution in [-0.2, 0) is 0 Å². The molecule has 190 valence electrons. The lowest BCUT2D eigenvalue weighted by molar-refractivity contribution is 0.0945. The molecule has 3 rings (SSSR count). The summed E-state index contributed by atoms with van der Waals surface area (Å²) in [5.41, 5.74) is 1.00. The van der Waals surface area contributed by atoms with Gasteiger partial charge in [0.25, 0.3) is 5.91 Å². The van der Waals surface area contributed by atoms with E-state index in [4.69, 9.17) is 16.7 Å². The summed E-state index contributed by atoms with van der Waals surface area (Å²) < 4.78 is 14.1. The third-order valence-electron chi connectivity index (χ3n) is 4.34. The molecule has 1 atom stereocenters. The second kappa shape index (κ2) is 17.4. The number of aliphatic hydroxyl groups is 2. The number of aromatic nitrogens is 2. The van der Waals surface area contributed by atoms with Crippen molar-refractivity contribution in [1.29, 1.82) is 0 Å². The Morgan fingerprint density at radius 1 is 1.06 bits per heavy atom. The third-order valence-corrected chi connectivity index (χ3v) is 4.59. The molecule has 7 nitrogen and oxygen atoms in total. The summed E-state index contributed by atoms with van der Waals surface area (Å²) in [7, 11) is 0. The van der Waals surface area contributed by atoms with Crippen LogP contribution >= 0.6 is 11.6 Å². The van der Waals surface area contributed by atoms with Crippen LogP contribution < -0.4 is 10.6 Å². The molecule has 35 heavy (non-hydrogen) atoms. The van der Waals surface area contributed by atoms with Gasteiger partial charge >= 0.3 is 0 Å². The lowest BCUT2D eigenvalue weighted by Crippen LogP contribution is -2.26. The average molecular weight is 505 g/mol. The van der Waals surface area contributed by atoms with Crippen LogP contribution in [0.5, 0.6) is 0 Å². The van der Waals surface area contributed by atoms with Gasteiger partial charge in [-0.2, -0.15) is 0 Å². The number of hydrogen-bond donors (Lipinski definition) is 4. The van der Waals surface area contributed by atoms with Gasteiger partial charge in [-0.15, -0.1) is 0 Å². The average Bonchev–Trinajstić information content (AvgIpc) is 2.88. The van der Waals surface area contributed by atoms with E-state index >= 15 is 0 Å². The van der Waals surface area contributed by atoms with Gasteiger partial charge in [-0.3, -0.25) is 4.79 Å². The second-order valence-corrected chi connectivity index (χ2v) is 7.82. The Morgan fingerprint density at radius 3 is 2.17 bits per heavy atom. The molecular weight excluding hydrogens is 471 g/mol. The lowest BCUT2D eigenvalue weighted by Gasteiger charge is -2.14. The second-order valence-electron chi connectivity index (χ2n) is 7.38. The van der Waals surface area contributed by atoms with E-state index in [-0.39, 0.29) is 43.3 Å². The number of aliphatic hydroxyl groups excluding tert-OH is 2. The smallest absolute Gasteiger partial charge is 0.251 e. The van der Waals surface area contributed by atoms with E-state index in [2.05, 4.69) is 34.4 Å². The van der Waals surface area contributed by atoms with E-state index in [9.17, 15) is 14.3 Å². The molecule has 0 radical (unpaired) electrons. The minimum absolute atomic E-state index is 0.0791. The maximum absolute atomic E-state index is 14.1. The number of carbonyl (C=O) groups is 1. The van der Waals surface area contributed by atoms with Gasteiger partial charge in [0.05, 0.1) is 25.5 Å². The molecule has 9 heteroatoms. The van der Waals surface area contributed by atoms with Gasteiger partial charge < -0.3 is 20.8 Å². The molecule has 2 aromatic carbocycles. The van der Waals surface area contributed by atoms with Crippen molar-refractivity contribution >= 4 is 23.5 Å². The fourth-order valence-electron chi connectivity index (χ4n) is 2.56. The summed E-state index contributed by atoms with van der Waals surface area (Å²) in [5.74, 6) is -0.679. The first-order valence-electron chi connectivity index (χ1n) is 11.5. The number of benzene rings is 2. The standard InChI is InChI=1S/C17H21FN4O3.C6H5Cl.C3H8/c1-2-13(10-24)21-17-20-9-14(18)15(22-17)11-3-5-12(6-4-11)16(25)19-7-8-23;7-6-4-2-1-3-5-6;1-3-2/h3-6,9,13,23-24H,2,7-8,10H2,1H3,(H,19,25)(H,20,21,22);1-5H;3H2,1-2H3. The molecular formula is C26H34ClFN4O3. The summed E-state index contributed by atoms with van der Waals surface area (Å²) in [6, 6.07) is 15.5. The molecule has 0 saturated heterocycles. The number of nitrogens with zero attached hydrogens (tertiary/aromatic N) is 2. The Bertz CT molecular complexity index is 988. The van der Waals surface area contributed by atoms with E-state index < -0.39 is 5.82 Å². The topological polar surface area (TPSA) is 107 Å². The molecule has 1 unspecified atom stereocenters. The predicted molar refractivity (Wildman–Crippen MR) is 139 cm³/mol. The highest BCUT2D eigenvalue weighted by Crippen LogP contribution is 2.22. The van der Waals surface area contributed by atoms with E-state index in [1.54, 1.807) is 24.3 Å². The zero-order valence-corrected chi connectivity index (χ0v) is 21.1. The summed E-state index contributed by atoms with van der Waals surface area (Å²) >= 11 is 5.54. The molecule has 4 N–H and O–H groups in total. The van der Waals surface area contributed by atoms with Crippen LogP contribution in [0.3, 0.4) is 0 Å². The molecule has 3 aromatic rings. The fraction of sp³-hybridized carbons (Fsp3) is 0.346. The Hall–Kier alpha value is -3.07. The van der Waals surface area contributed by atoms with Crippen LogP contribution in [0.1, 0.15) is 44.0 Å². The SMILES string of the molecule is CCC.CCC(CO)Nc1ncc(F)c(-c2ccc(C(=O)NCCO)cc2)n1.Clc1ccccc1. The highest BCUT2D eigenvalue weighted by atomic mass is 35.5. The van der Waals surface area contributed by atoms with Crippen LogP contribution in [-0.4, -0.2) is 51.9 Å². The first kappa shape index (κ1) is 30.0. The quantitative estimate of drug-likeness (QED) is 0.346. The summed E-state index contributed by atoms with van der Waals surface area (Å²) in [5, 5.41) is 24.2. The van der Waals surface area contributed by atoms with Gasteiger partial charge in [0, 0.05) is 22.7 Å². The number of rotatable bonds is 8. The first-order valence-corrected chi connectivity index (χ1v) is 11.9. The van der Waals surface area contributed by atoms with Crippen LogP contribution in [0.4, 0.5) is 10.3 Å². The number of carbonyl (C=O) groups excluding carboxylic acids is 1. The number of halogens is 2. The lowest BCUT2D eigenvalue weighted by atomic mass is 10.1. The molecule has 0 fully saturated rings. The Balaban J connectivity index is 0.000000510. The van der Waals surface area contributed by atoms with E-state index in [0.29, 0.717) is 17.5 Å². The van der Waals surface area contributed by atoms with Crippen molar-refractivity contribution in [3.63, 3.8) is 0 Å². The molecule has 1 amide bonds. The van der Waals surface area contributed by atoms with Crippen molar-refractivity contribution in [2.45, 2.75) is 39.7 Å². The van der Waals surface area contributed by atoms with Crippen molar-refractivity contribution in [1.82, 2.24) is 15.3 Å². The highest BCUT2D eigenvalue weighted by molar-refractivity contribution is 6.30. The van der Waals surface area contributed by atoms with Gasteiger partial charge in [-0.05, 0) is 30.7 Å². The molecule has 0 aliphatic heterocycles. The Morgan fingerprint density at radius 2 is 1.69 bits per heavy atom. The van der Waals surface area contributed by atoms with Gasteiger partial charge in [-0.25, -0.2) is 14.4 Å². The van der Waals surface area contributed by atoms with Crippen LogP contribution in [0.15, 0.2) is 60.8 Å². The van der Waals surface area contributed by atoms with Crippen molar-refractivity contribution in [3.05, 3.63) is 77.2 Å². The Labute approximate surface area is 211 Å². The zero-order valence-electron chi connectivity index (χ0n) is 20.3. The largest absolute Gasteiger partial charge is 0.395 e. The maximum atomic E-state index is 14.1. The fourth-order valence-corrected chi connectivity index (χ4v) is 2.71. The maximum Gasteiger partial charge on any atom is 0.251 e. The van der Waals surface area contributed by atoms with E-state index in [1.165, 1.54) is 6.42 Å². The monoisotopic (exact) mass is 504 g/mol. The van der Waals surface area contributed by atoms with Crippen molar-refractivity contribution in [3.8, 4) is 11.3 Å². The number of hydrogen-bond acceptors (Lipinski definition) is 6. The summed E-state index contributed by atoms with van der Waals surface area (Å²) in [6.45, 7) is 6.10. The van der Waals surface area contributed by atoms with Crippen LogP contribution in [0, 0.1) is 5.82 Å². The van der Waals surface area contributed by atoms with Crippen molar-refractivity contribution < 1.29 is 19.4 Å². The minimum atomic E-state index is -0.583. The Kier molecular flexibility index (Phi) is 14.9. The highest BCUT2D eigenvalue weighted by Gasteiger charge is 2.13. The zero-order chi connectivity index (χ0) is 26.1. The molecule has 0 aliphatic rings. The predicted octanol–water partition coefficient (Wildman–Crippen LogP) is 4.94. The van der Waals surface area contributed by atoms with Gasteiger partial charge in [0.1, 0.15) is 5.69 Å². The molecule has 0 saturated carbocycles. The third kappa shape index (κ3) is 11.3. The minimum Gasteiger partial charge on any atom is -0.395 e. The summed E-state index contributed by atoms with van der Waals surface area (Å²) in [6.07, 6.45) is 2.99. The number of amides is 1.